The number of benzene rings is 2. The Labute approximate surface area is 140 Å². The molecular formula is C18H18ClFN2O. The summed E-state index contributed by atoms with van der Waals surface area (Å²) in [4.78, 5) is 14.5. The van der Waals surface area contributed by atoms with Gasteiger partial charge in [0.25, 0.3) is 5.91 Å². The maximum atomic E-state index is 13.8. The molecule has 0 spiro atoms. The van der Waals surface area contributed by atoms with Crippen molar-refractivity contribution in [2.24, 2.45) is 0 Å². The maximum Gasteiger partial charge on any atom is 0.255 e. The summed E-state index contributed by atoms with van der Waals surface area (Å²) in [5, 5.41) is 2.91. The zero-order valence-electron chi connectivity index (χ0n) is 12.9. The number of carbonyl (C=O) groups is 1. The van der Waals surface area contributed by atoms with Crippen molar-refractivity contribution in [3.05, 3.63) is 64.4 Å². The normalized spacial score (nSPS) is 14.5. The van der Waals surface area contributed by atoms with Crippen LogP contribution in [-0.4, -0.2) is 25.0 Å². The third-order valence-electron chi connectivity index (χ3n) is 4.20. The molecule has 3 rings (SSSR count). The topological polar surface area (TPSA) is 32.3 Å². The highest BCUT2D eigenvalue weighted by Gasteiger charge is 2.24. The van der Waals surface area contributed by atoms with E-state index in [1.54, 1.807) is 0 Å². The van der Waals surface area contributed by atoms with E-state index in [0.29, 0.717) is 6.54 Å². The van der Waals surface area contributed by atoms with E-state index in [9.17, 15) is 9.18 Å². The molecule has 1 N–H and O–H groups in total. The van der Waals surface area contributed by atoms with Crippen molar-refractivity contribution in [2.45, 2.75) is 19.4 Å². The van der Waals surface area contributed by atoms with Gasteiger partial charge in [0.2, 0.25) is 0 Å². The van der Waals surface area contributed by atoms with Gasteiger partial charge in [0.15, 0.2) is 0 Å². The molecule has 3 nitrogen and oxygen atoms in total. The fraction of sp³-hybridized carbons (Fsp3) is 0.278. The molecule has 0 unspecified atom stereocenters. The van der Waals surface area contributed by atoms with Crippen LogP contribution in [0.5, 0.6) is 0 Å². The van der Waals surface area contributed by atoms with Gasteiger partial charge in [-0.15, -0.1) is 0 Å². The molecule has 1 amide bonds. The second-order valence-electron chi connectivity index (χ2n) is 5.73. The van der Waals surface area contributed by atoms with Gasteiger partial charge in [-0.2, -0.15) is 0 Å². The Morgan fingerprint density at radius 1 is 1.30 bits per heavy atom. The number of para-hydroxylation sites is 1. The number of rotatable bonds is 4. The van der Waals surface area contributed by atoms with Crippen LogP contribution in [0, 0.1) is 5.82 Å². The van der Waals surface area contributed by atoms with Gasteiger partial charge >= 0.3 is 0 Å². The maximum absolute atomic E-state index is 13.8. The van der Waals surface area contributed by atoms with Crippen molar-refractivity contribution in [3.8, 4) is 0 Å². The number of fused-ring (bicyclic) bond motifs is 1. The van der Waals surface area contributed by atoms with Gasteiger partial charge in [-0.05, 0) is 37.1 Å². The predicted molar refractivity (Wildman–Crippen MR) is 90.7 cm³/mol. The first-order chi connectivity index (χ1) is 11.1. The van der Waals surface area contributed by atoms with E-state index in [1.165, 1.54) is 29.4 Å². The van der Waals surface area contributed by atoms with Gasteiger partial charge in [0.05, 0.1) is 10.6 Å². The van der Waals surface area contributed by atoms with E-state index in [4.69, 9.17) is 11.6 Å². The van der Waals surface area contributed by atoms with Crippen molar-refractivity contribution in [1.82, 2.24) is 5.32 Å². The van der Waals surface area contributed by atoms with Crippen molar-refractivity contribution < 1.29 is 9.18 Å². The highest BCUT2D eigenvalue weighted by atomic mass is 35.5. The lowest BCUT2D eigenvalue weighted by molar-refractivity contribution is 0.0947. The fourth-order valence-corrected chi connectivity index (χ4v) is 3.22. The Balaban J connectivity index is 1.66. The van der Waals surface area contributed by atoms with Gasteiger partial charge in [-0.1, -0.05) is 35.9 Å². The number of nitrogens with one attached hydrogen (secondary N) is 1. The van der Waals surface area contributed by atoms with Crippen LogP contribution in [0.25, 0.3) is 0 Å². The predicted octanol–water partition coefficient (Wildman–Crippen LogP) is 3.66. The summed E-state index contributed by atoms with van der Waals surface area (Å²) < 4.78 is 13.8. The zero-order chi connectivity index (χ0) is 16.4. The van der Waals surface area contributed by atoms with E-state index in [2.05, 4.69) is 22.3 Å². The molecule has 1 aliphatic rings. The molecule has 0 bridgehead atoms. The van der Waals surface area contributed by atoms with Crippen LogP contribution in [-0.2, 0) is 6.42 Å². The van der Waals surface area contributed by atoms with Gasteiger partial charge in [0, 0.05) is 24.8 Å². The molecule has 0 aliphatic carbocycles. The highest BCUT2D eigenvalue weighted by Crippen LogP contribution is 2.29. The highest BCUT2D eigenvalue weighted by molar-refractivity contribution is 6.33. The van der Waals surface area contributed by atoms with Gasteiger partial charge in [-0.3, -0.25) is 4.79 Å². The number of hydrogen-bond acceptors (Lipinski definition) is 2. The Morgan fingerprint density at radius 2 is 2.09 bits per heavy atom. The van der Waals surface area contributed by atoms with Crippen molar-refractivity contribution in [1.29, 1.82) is 0 Å². The molecule has 0 aromatic heterocycles. The monoisotopic (exact) mass is 332 g/mol. The van der Waals surface area contributed by atoms with Crippen LogP contribution in [0.4, 0.5) is 10.1 Å². The lowest BCUT2D eigenvalue weighted by Crippen LogP contribution is -2.41. The molecule has 0 radical (unpaired) electrons. The second kappa shape index (κ2) is 6.59. The van der Waals surface area contributed by atoms with Gasteiger partial charge in [0.1, 0.15) is 5.82 Å². The lowest BCUT2D eigenvalue weighted by atomic mass is 10.1. The molecule has 0 saturated carbocycles. The first-order valence-corrected chi connectivity index (χ1v) is 8.02. The molecular weight excluding hydrogens is 315 g/mol. The quantitative estimate of drug-likeness (QED) is 0.926. The lowest BCUT2D eigenvalue weighted by Gasteiger charge is -2.27. The Bertz CT molecular complexity index is 714. The van der Waals surface area contributed by atoms with Crippen LogP contribution in [0.3, 0.4) is 0 Å². The molecule has 1 heterocycles. The average Bonchev–Trinajstić information content (AvgIpc) is 2.96. The minimum atomic E-state index is -0.603. The van der Waals surface area contributed by atoms with E-state index < -0.39 is 11.7 Å². The molecule has 1 aliphatic heterocycles. The Kier molecular flexibility index (Phi) is 4.53. The van der Waals surface area contributed by atoms with Crippen molar-refractivity contribution in [2.75, 3.05) is 18.0 Å². The van der Waals surface area contributed by atoms with Crippen molar-refractivity contribution >= 4 is 23.2 Å². The molecule has 23 heavy (non-hydrogen) atoms. The molecule has 1 atom stereocenters. The summed E-state index contributed by atoms with van der Waals surface area (Å²) in [6, 6.07) is 12.6. The van der Waals surface area contributed by atoms with Crippen LogP contribution in [0.15, 0.2) is 42.5 Å². The molecule has 2 aromatic rings. The third kappa shape index (κ3) is 3.17. The number of halogens is 2. The summed E-state index contributed by atoms with van der Waals surface area (Å²) >= 11 is 5.92. The Morgan fingerprint density at radius 3 is 2.87 bits per heavy atom. The van der Waals surface area contributed by atoms with E-state index in [1.807, 2.05) is 19.1 Å². The SMILES string of the molecule is C[C@@H](CNC(=O)c1c(F)cccc1Cl)N1CCc2ccccc21. The van der Waals surface area contributed by atoms with Crippen LogP contribution < -0.4 is 10.2 Å². The molecule has 0 saturated heterocycles. The molecule has 0 fully saturated rings. The Hall–Kier alpha value is -2.07. The van der Waals surface area contributed by atoms with Crippen LogP contribution in [0.2, 0.25) is 5.02 Å². The largest absolute Gasteiger partial charge is 0.366 e. The number of carbonyl (C=O) groups excluding carboxylic acids is 1. The van der Waals surface area contributed by atoms with Gasteiger partial charge < -0.3 is 10.2 Å². The zero-order valence-corrected chi connectivity index (χ0v) is 13.6. The van der Waals surface area contributed by atoms with Crippen molar-refractivity contribution in [3.63, 3.8) is 0 Å². The first-order valence-electron chi connectivity index (χ1n) is 7.64. The van der Waals surface area contributed by atoms with E-state index in [-0.39, 0.29) is 16.6 Å². The van der Waals surface area contributed by atoms with Crippen LogP contribution >= 0.6 is 11.6 Å². The summed E-state index contributed by atoms with van der Waals surface area (Å²) in [7, 11) is 0. The molecule has 5 heteroatoms. The summed E-state index contributed by atoms with van der Waals surface area (Å²) in [6.45, 7) is 3.40. The number of hydrogen-bond donors (Lipinski definition) is 1. The second-order valence-corrected chi connectivity index (χ2v) is 6.14. The summed E-state index contributed by atoms with van der Waals surface area (Å²) in [5.74, 6) is -1.08. The minimum Gasteiger partial charge on any atom is -0.366 e. The minimum absolute atomic E-state index is 0.0943. The number of anilines is 1. The smallest absolute Gasteiger partial charge is 0.255 e. The van der Waals surface area contributed by atoms with E-state index in [0.717, 1.165) is 13.0 Å². The summed E-state index contributed by atoms with van der Waals surface area (Å²) in [5.41, 5.74) is 2.43. The average molecular weight is 333 g/mol. The third-order valence-corrected chi connectivity index (χ3v) is 4.52. The number of nitrogens with zero attached hydrogens (tertiary/aromatic N) is 1. The number of amides is 1. The van der Waals surface area contributed by atoms with Crippen LogP contribution in [0.1, 0.15) is 22.8 Å². The summed E-state index contributed by atoms with van der Waals surface area (Å²) in [6.07, 6.45) is 1.01. The van der Waals surface area contributed by atoms with Gasteiger partial charge in [-0.25, -0.2) is 4.39 Å². The van der Waals surface area contributed by atoms with E-state index >= 15 is 0 Å². The molecule has 120 valence electrons. The standard InChI is InChI=1S/C18H18ClFN2O/c1-12(22-10-9-13-5-2-3-8-16(13)22)11-21-18(23)17-14(19)6-4-7-15(17)20/h2-8,12H,9-11H2,1H3,(H,21,23)/t12-/m0/s1. The first kappa shape index (κ1) is 15.8. The fourth-order valence-electron chi connectivity index (χ4n) is 2.98. The molecule has 2 aromatic carbocycles.